The first-order valence-electron chi connectivity index (χ1n) is 10.8. The molecule has 0 aromatic carbocycles. The topological polar surface area (TPSA) is 138 Å². The van der Waals surface area contributed by atoms with E-state index in [1.54, 1.807) is 4.90 Å². The van der Waals surface area contributed by atoms with Gasteiger partial charge in [-0.2, -0.15) is 5.26 Å². The van der Waals surface area contributed by atoms with Crippen molar-refractivity contribution in [3.8, 4) is 11.8 Å². The Labute approximate surface area is 196 Å². The molecular weight excluding hydrogens is 440 g/mol. The minimum Gasteiger partial charge on any atom is -0.495 e. The lowest BCUT2D eigenvalue weighted by molar-refractivity contribution is -0.136. The molecule has 0 bridgehead atoms. The van der Waals surface area contributed by atoms with E-state index in [9.17, 15) is 14.4 Å². The van der Waals surface area contributed by atoms with E-state index in [0.717, 1.165) is 5.56 Å². The van der Waals surface area contributed by atoms with Gasteiger partial charge in [0.2, 0.25) is 0 Å². The number of aldehydes is 1. The van der Waals surface area contributed by atoms with Gasteiger partial charge in [-0.1, -0.05) is 0 Å². The number of hydrogen-bond acceptors (Lipinski definition) is 8. The average Bonchev–Trinajstić information content (AvgIpc) is 3.21. The molecular formula is C23H24N6O5. The number of fused-ring (bicyclic) bond motifs is 1. The number of likely N-dealkylation sites (tertiary alicyclic amines) is 1. The average molecular weight is 464 g/mol. The van der Waals surface area contributed by atoms with Crippen LogP contribution in [0.1, 0.15) is 40.0 Å². The molecule has 1 atom stereocenters. The number of hydrogen-bond donors (Lipinski definition) is 1. The molecule has 2 aliphatic heterocycles. The van der Waals surface area contributed by atoms with Crippen molar-refractivity contribution in [3.63, 3.8) is 0 Å². The van der Waals surface area contributed by atoms with Gasteiger partial charge < -0.3 is 14.4 Å². The summed E-state index contributed by atoms with van der Waals surface area (Å²) in [5, 5.41) is 11.8. The van der Waals surface area contributed by atoms with E-state index in [0.29, 0.717) is 55.8 Å². The molecule has 0 radical (unpaired) electrons. The lowest BCUT2D eigenvalue weighted by atomic mass is 10.0. The fourth-order valence-corrected chi connectivity index (χ4v) is 4.21. The standard InChI is InChI=1S/C23H24N6O5/c1-33-18-5-7-28(22(18)31)12-15-8-14-4-3-6-29(21(14)26-17(15)13-30)23(32)27-20-9-19(34-2)16(10-24)11-25-20/h8-9,11,13,18H,3-7,12H2,1-2H3,(H,25,27,32)/t18-/m0/s1. The van der Waals surface area contributed by atoms with E-state index in [1.807, 2.05) is 12.1 Å². The van der Waals surface area contributed by atoms with Crippen LogP contribution in [0, 0.1) is 11.3 Å². The Bertz CT molecular complexity index is 1180. The van der Waals surface area contributed by atoms with Crippen molar-refractivity contribution in [2.24, 2.45) is 0 Å². The Morgan fingerprint density at radius 1 is 1.35 bits per heavy atom. The van der Waals surface area contributed by atoms with Crippen molar-refractivity contribution in [3.05, 3.63) is 40.7 Å². The van der Waals surface area contributed by atoms with Crippen LogP contribution in [0.25, 0.3) is 0 Å². The van der Waals surface area contributed by atoms with Crippen molar-refractivity contribution in [2.45, 2.75) is 31.9 Å². The van der Waals surface area contributed by atoms with Gasteiger partial charge in [0, 0.05) is 44.8 Å². The normalized spacial score (nSPS) is 17.2. The molecule has 1 fully saturated rings. The summed E-state index contributed by atoms with van der Waals surface area (Å²) >= 11 is 0. The van der Waals surface area contributed by atoms with Gasteiger partial charge in [-0.05, 0) is 24.5 Å². The fourth-order valence-electron chi connectivity index (χ4n) is 4.21. The van der Waals surface area contributed by atoms with Crippen LogP contribution in [0.4, 0.5) is 16.4 Å². The number of pyridine rings is 2. The van der Waals surface area contributed by atoms with Gasteiger partial charge in [-0.15, -0.1) is 0 Å². The molecule has 0 unspecified atom stereocenters. The first-order valence-corrected chi connectivity index (χ1v) is 10.8. The summed E-state index contributed by atoms with van der Waals surface area (Å²) in [7, 11) is 2.93. The van der Waals surface area contributed by atoms with E-state index in [-0.39, 0.29) is 29.5 Å². The number of aryl methyl sites for hydroxylation is 1. The van der Waals surface area contributed by atoms with Crippen LogP contribution in [-0.4, -0.2) is 66.5 Å². The van der Waals surface area contributed by atoms with E-state index in [4.69, 9.17) is 14.7 Å². The number of carbonyl (C=O) groups is 3. The first kappa shape index (κ1) is 23.1. The second-order valence-electron chi connectivity index (χ2n) is 7.97. The van der Waals surface area contributed by atoms with Gasteiger partial charge in [-0.25, -0.2) is 14.8 Å². The SMILES string of the molecule is COc1cc(NC(=O)N2CCCc3cc(CN4CC[C@H](OC)C4=O)c(C=O)nc32)ncc1C#N. The Hall–Kier alpha value is -4.04. The number of rotatable bonds is 6. The fraction of sp³-hybridized carbons (Fsp3) is 0.391. The third-order valence-electron chi connectivity index (χ3n) is 5.97. The first-order chi connectivity index (χ1) is 16.5. The lowest BCUT2D eigenvalue weighted by Crippen LogP contribution is -2.40. The molecule has 2 aromatic heterocycles. The van der Waals surface area contributed by atoms with Gasteiger partial charge in [-0.3, -0.25) is 19.8 Å². The number of anilines is 2. The number of methoxy groups -OCH3 is 2. The van der Waals surface area contributed by atoms with Gasteiger partial charge in [0.15, 0.2) is 6.29 Å². The molecule has 34 heavy (non-hydrogen) atoms. The highest BCUT2D eigenvalue weighted by molar-refractivity contribution is 6.01. The van der Waals surface area contributed by atoms with Crippen molar-refractivity contribution < 1.29 is 23.9 Å². The zero-order chi connectivity index (χ0) is 24.2. The van der Waals surface area contributed by atoms with Crippen molar-refractivity contribution in [1.82, 2.24) is 14.9 Å². The number of nitrogens with one attached hydrogen (secondary N) is 1. The molecule has 4 heterocycles. The van der Waals surface area contributed by atoms with Crippen molar-refractivity contribution in [1.29, 1.82) is 5.26 Å². The number of urea groups is 1. The van der Waals surface area contributed by atoms with Crippen LogP contribution < -0.4 is 15.0 Å². The smallest absolute Gasteiger partial charge is 0.328 e. The van der Waals surface area contributed by atoms with Crippen LogP contribution in [0.2, 0.25) is 0 Å². The van der Waals surface area contributed by atoms with Crippen molar-refractivity contribution in [2.75, 3.05) is 37.5 Å². The summed E-state index contributed by atoms with van der Waals surface area (Å²) in [6.45, 7) is 1.22. The highest BCUT2D eigenvalue weighted by Gasteiger charge is 2.33. The Morgan fingerprint density at radius 2 is 2.18 bits per heavy atom. The monoisotopic (exact) mass is 464 g/mol. The van der Waals surface area contributed by atoms with E-state index < -0.39 is 12.1 Å². The summed E-state index contributed by atoms with van der Waals surface area (Å²) in [4.78, 5) is 49.0. The predicted octanol–water partition coefficient (Wildman–Crippen LogP) is 1.90. The summed E-state index contributed by atoms with van der Waals surface area (Å²) < 4.78 is 10.4. The largest absolute Gasteiger partial charge is 0.495 e. The molecule has 2 aliphatic rings. The third-order valence-corrected chi connectivity index (χ3v) is 5.97. The molecule has 2 aromatic rings. The highest BCUT2D eigenvalue weighted by Crippen LogP contribution is 2.29. The maximum absolute atomic E-state index is 13.0. The maximum Gasteiger partial charge on any atom is 0.328 e. The quantitative estimate of drug-likeness (QED) is 0.640. The number of ether oxygens (including phenoxy) is 2. The van der Waals surface area contributed by atoms with Gasteiger partial charge in [0.05, 0.1) is 13.3 Å². The number of nitrogens with zero attached hydrogens (tertiary/aromatic N) is 5. The maximum atomic E-state index is 13.0. The van der Waals surface area contributed by atoms with E-state index in [1.165, 1.54) is 31.4 Å². The molecule has 0 spiro atoms. The van der Waals surface area contributed by atoms with Crippen LogP contribution in [0.3, 0.4) is 0 Å². The van der Waals surface area contributed by atoms with Gasteiger partial charge >= 0.3 is 6.03 Å². The number of aromatic nitrogens is 2. The van der Waals surface area contributed by atoms with E-state index >= 15 is 0 Å². The summed E-state index contributed by atoms with van der Waals surface area (Å²) in [5.74, 6) is 0.812. The summed E-state index contributed by atoms with van der Waals surface area (Å²) in [6, 6.07) is 4.82. The second kappa shape index (κ2) is 9.84. The molecule has 11 heteroatoms. The van der Waals surface area contributed by atoms with Gasteiger partial charge in [0.25, 0.3) is 5.91 Å². The van der Waals surface area contributed by atoms with E-state index in [2.05, 4.69) is 15.3 Å². The number of carbonyl (C=O) groups excluding carboxylic acids is 3. The molecule has 0 aliphatic carbocycles. The number of amides is 3. The second-order valence-corrected chi connectivity index (χ2v) is 7.97. The van der Waals surface area contributed by atoms with Crippen LogP contribution in [0.15, 0.2) is 18.3 Å². The predicted molar refractivity (Wildman–Crippen MR) is 121 cm³/mol. The van der Waals surface area contributed by atoms with Crippen LogP contribution in [0.5, 0.6) is 5.75 Å². The van der Waals surface area contributed by atoms with Crippen molar-refractivity contribution >= 4 is 29.9 Å². The Morgan fingerprint density at radius 3 is 2.85 bits per heavy atom. The molecule has 3 amide bonds. The van der Waals surface area contributed by atoms with Crippen LogP contribution >= 0.6 is 0 Å². The lowest BCUT2D eigenvalue weighted by Gasteiger charge is -2.29. The van der Waals surface area contributed by atoms with Crippen LogP contribution in [-0.2, 0) is 22.5 Å². The molecule has 0 saturated carbocycles. The summed E-state index contributed by atoms with van der Waals surface area (Å²) in [6.07, 6.45) is 3.50. The zero-order valence-electron chi connectivity index (χ0n) is 18.9. The molecule has 4 rings (SSSR count). The molecule has 176 valence electrons. The Balaban J connectivity index is 1.57. The molecule has 1 N–H and O–H groups in total. The summed E-state index contributed by atoms with van der Waals surface area (Å²) in [5.41, 5.74) is 1.90. The Kier molecular flexibility index (Phi) is 6.70. The molecule has 11 nitrogen and oxygen atoms in total. The number of nitriles is 1. The zero-order valence-corrected chi connectivity index (χ0v) is 18.9. The van der Waals surface area contributed by atoms with Gasteiger partial charge in [0.1, 0.15) is 40.8 Å². The molecule has 1 saturated heterocycles. The minimum atomic E-state index is -0.463. The highest BCUT2D eigenvalue weighted by atomic mass is 16.5. The third kappa shape index (κ3) is 4.40. The minimum absolute atomic E-state index is 0.108.